The Labute approximate surface area is 144 Å². The summed E-state index contributed by atoms with van der Waals surface area (Å²) in [4.78, 5) is 8.80. The Morgan fingerprint density at radius 2 is 2.00 bits per heavy atom. The van der Waals surface area contributed by atoms with Gasteiger partial charge in [0, 0.05) is 48.0 Å². The van der Waals surface area contributed by atoms with Gasteiger partial charge in [0.15, 0.2) is 0 Å². The summed E-state index contributed by atoms with van der Waals surface area (Å²) in [5, 5.41) is 11.3. The molecule has 4 aromatic rings. The van der Waals surface area contributed by atoms with Crippen molar-refractivity contribution >= 4 is 17.1 Å². The van der Waals surface area contributed by atoms with Crippen molar-refractivity contribution in [3.05, 3.63) is 49.2 Å². The molecule has 0 saturated heterocycles. The van der Waals surface area contributed by atoms with Crippen LogP contribution >= 0.6 is 0 Å². The third kappa shape index (κ3) is 2.44. The Bertz CT molecular complexity index is 1040. The lowest BCUT2D eigenvalue weighted by atomic mass is 9.87. The Hall–Kier alpha value is -2.93. The molecular formula is C18H19N7. The second-order valence-corrected chi connectivity index (χ2v) is 6.55. The van der Waals surface area contributed by atoms with E-state index in [1.807, 2.05) is 40.6 Å². The molecule has 0 radical (unpaired) electrons. The molecule has 1 aliphatic carbocycles. The van der Waals surface area contributed by atoms with E-state index in [-0.39, 0.29) is 0 Å². The van der Waals surface area contributed by atoms with Gasteiger partial charge in [-0.1, -0.05) is 0 Å². The van der Waals surface area contributed by atoms with Gasteiger partial charge < -0.3 is 15.0 Å². The molecular weight excluding hydrogens is 314 g/mol. The predicted molar refractivity (Wildman–Crippen MR) is 96.7 cm³/mol. The van der Waals surface area contributed by atoms with Crippen LogP contribution in [0.15, 0.2) is 49.2 Å². The van der Waals surface area contributed by atoms with E-state index < -0.39 is 0 Å². The van der Waals surface area contributed by atoms with Crippen molar-refractivity contribution in [2.24, 2.45) is 0 Å². The van der Waals surface area contributed by atoms with E-state index in [0.29, 0.717) is 18.0 Å². The van der Waals surface area contributed by atoms with Gasteiger partial charge in [0.1, 0.15) is 5.65 Å². The first-order valence-electron chi connectivity index (χ1n) is 8.51. The molecule has 0 aromatic carbocycles. The lowest BCUT2D eigenvalue weighted by molar-refractivity contribution is 0.325. The third-order valence-corrected chi connectivity index (χ3v) is 5.00. The quantitative estimate of drug-likeness (QED) is 0.599. The van der Waals surface area contributed by atoms with E-state index in [1.54, 1.807) is 6.20 Å². The number of imidazole rings is 1. The number of fused-ring (bicyclic) bond motifs is 2. The highest BCUT2D eigenvalue weighted by Gasteiger charge is 2.28. The molecule has 2 N–H and O–H groups in total. The van der Waals surface area contributed by atoms with Crippen molar-refractivity contribution in [3.8, 4) is 11.1 Å². The number of aromatic nitrogens is 5. The summed E-state index contributed by atoms with van der Waals surface area (Å²) in [5.74, 6) is 0.680. The number of hydrogen-bond acceptors (Lipinski definition) is 5. The Morgan fingerprint density at radius 3 is 2.88 bits per heavy atom. The highest BCUT2D eigenvalue weighted by atomic mass is 15.3. The van der Waals surface area contributed by atoms with Crippen LogP contribution in [-0.4, -0.2) is 43.1 Å². The van der Waals surface area contributed by atoms with E-state index in [9.17, 15) is 0 Å². The number of nitrogens with one attached hydrogen (secondary N) is 2. The van der Waals surface area contributed by atoms with Crippen molar-refractivity contribution in [2.45, 2.75) is 24.9 Å². The normalized spacial score (nSPS) is 20.0. The van der Waals surface area contributed by atoms with E-state index in [0.717, 1.165) is 35.1 Å². The summed E-state index contributed by atoms with van der Waals surface area (Å²) in [6, 6.07) is 7.23. The number of pyridine rings is 1. The van der Waals surface area contributed by atoms with Crippen LogP contribution in [0.2, 0.25) is 0 Å². The number of rotatable bonds is 4. The highest BCUT2D eigenvalue weighted by molar-refractivity contribution is 5.80. The van der Waals surface area contributed by atoms with Crippen LogP contribution in [0.4, 0.5) is 5.95 Å². The summed E-state index contributed by atoms with van der Waals surface area (Å²) in [5.41, 5.74) is 4.16. The largest absolute Gasteiger partial charge is 0.350 e. The molecule has 25 heavy (non-hydrogen) atoms. The van der Waals surface area contributed by atoms with Crippen LogP contribution < -0.4 is 10.6 Å². The molecule has 1 aliphatic rings. The summed E-state index contributed by atoms with van der Waals surface area (Å²) in [6.07, 6.45) is 11.9. The van der Waals surface area contributed by atoms with Gasteiger partial charge in [-0.3, -0.25) is 0 Å². The van der Waals surface area contributed by atoms with Gasteiger partial charge in [-0.25, -0.2) is 14.5 Å². The van der Waals surface area contributed by atoms with Gasteiger partial charge >= 0.3 is 0 Å². The molecule has 7 nitrogen and oxygen atoms in total. The Morgan fingerprint density at radius 1 is 1.08 bits per heavy atom. The molecule has 7 heteroatoms. The number of hydrogen-bond donors (Lipinski definition) is 2. The molecule has 5 rings (SSSR count). The van der Waals surface area contributed by atoms with Crippen LogP contribution in [0.1, 0.15) is 12.8 Å². The van der Waals surface area contributed by atoms with Crippen LogP contribution in [-0.2, 0) is 0 Å². The average molecular weight is 333 g/mol. The van der Waals surface area contributed by atoms with E-state index in [1.165, 1.54) is 0 Å². The summed E-state index contributed by atoms with van der Waals surface area (Å²) in [7, 11) is 2.01. The molecule has 1 saturated carbocycles. The zero-order valence-corrected chi connectivity index (χ0v) is 13.9. The van der Waals surface area contributed by atoms with E-state index in [2.05, 4.69) is 44.0 Å². The second-order valence-electron chi connectivity index (χ2n) is 6.55. The Kier molecular flexibility index (Phi) is 3.21. The van der Waals surface area contributed by atoms with Gasteiger partial charge in [0.25, 0.3) is 0 Å². The minimum atomic E-state index is 0.452. The average Bonchev–Trinajstić information content (AvgIpc) is 3.23. The van der Waals surface area contributed by atoms with Crippen molar-refractivity contribution in [1.29, 1.82) is 0 Å². The molecule has 1 fully saturated rings. The standard InChI is InChI=1S/C18H19N7/c1-19-13-8-14(9-13)22-18-21-10-16-15(4-6-25(16)23-18)12-2-3-17-20-5-7-24(17)11-12/h2-7,10-11,13-14,19H,8-9H2,1H3,(H,22,23)/t13-,14-. The maximum atomic E-state index is 4.60. The van der Waals surface area contributed by atoms with Crippen LogP contribution in [0.3, 0.4) is 0 Å². The first-order valence-corrected chi connectivity index (χ1v) is 8.51. The maximum Gasteiger partial charge on any atom is 0.241 e. The minimum absolute atomic E-state index is 0.452. The lowest BCUT2D eigenvalue weighted by Gasteiger charge is -2.35. The molecule has 0 spiro atoms. The van der Waals surface area contributed by atoms with Gasteiger partial charge in [-0.2, -0.15) is 0 Å². The fraction of sp³-hybridized carbons (Fsp3) is 0.278. The summed E-state index contributed by atoms with van der Waals surface area (Å²) < 4.78 is 3.90. The third-order valence-electron chi connectivity index (χ3n) is 5.00. The topological polar surface area (TPSA) is 71.5 Å². The predicted octanol–water partition coefficient (Wildman–Crippen LogP) is 2.21. The van der Waals surface area contributed by atoms with Gasteiger partial charge in [-0.15, -0.1) is 5.10 Å². The molecule has 0 atom stereocenters. The second kappa shape index (κ2) is 5.56. The van der Waals surface area contributed by atoms with E-state index >= 15 is 0 Å². The zero-order valence-electron chi connectivity index (χ0n) is 13.9. The molecule has 0 amide bonds. The number of nitrogens with zero attached hydrogens (tertiary/aromatic N) is 5. The first kappa shape index (κ1) is 14.4. The maximum absolute atomic E-state index is 4.60. The molecule has 0 unspecified atom stereocenters. The van der Waals surface area contributed by atoms with Crippen molar-refractivity contribution < 1.29 is 0 Å². The van der Waals surface area contributed by atoms with Crippen molar-refractivity contribution in [3.63, 3.8) is 0 Å². The van der Waals surface area contributed by atoms with Gasteiger partial charge in [-0.05, 0) is 38.1 Å². The Balaban J connectivity index is 1.45. The van der Waals surface area contributed by atoms with Gasteiger partial charge in [0.05, 0.1) is 11.7 Å². The molecule has 4 heterocycles. The molecule has 126 valence electrons. The van der Waals surface area contributed by atoms with Crippen molar-refractivity contribution in [1.82, 2.24) is 29.3 Å². The molecule has 4 aromatic heterocycles. The monoisotopic (exact) mass is 333 g/mol. The minimum Gasteiger partial charge on any atom is -0.350 e. The smallest absolute Gasteiger partial charge is 0.241 e. The van der Waals surface area contributed by atoms with Gasteiger partial charge in [0.2, 0.25) is 5.95 Å². The number of anilines is 1. The zero-order chi connectivity index (χ0) is 16.8. The highest BCUT2D eigenvalue weighted by Crippen LogP contribution is 2.26. The van der Waals surface area contributed by atoms with E-state index in [4.69, 9.17) is 0 Å². The summed E-state index contributed by atoms with van der Waals surface area (Å²) in [6.45, 7) is 0. The van der Waals surface area contributed by atoms with Crippen LogP contribution in [0.5, 0.6) is 0 Å². The van der Waals surface area contributed by atoms with Crippen LogP contribution in [0.25, 0.3) is 22.3 Å². The SMILES string of the molecule is CN[C@H]1C[C@H](Nc2ncc3c(-c4ccc5nccn5c4)ccn3n2)C1. The fourth-order valence-corrected chi connectivity index (χ4v) is 3.44. The van der Waals surface area contributed by atoms with Crippen molar-refractivity contribution in [2.75, 3.05) is 12.4 Å². The fourth-order valence-electron chi connectivity index (χ4n) is 3.44. The lowest BCUT2D eigenvalue weighted by Crippen LogP contribution is -2.46. The van der Waals surface area contributed by atoms with Crippen LogP contribution in [0, 0.1) is 0 Å². The molecule has 0 bridgehead atoms. The molecule has 0 aliphatic heterocycles. The summed E-state index contributed by atoms with van der Waals surface area (Å²) >= 11 is 0. The first-order chi connectivity index (χ1) is 12.3.